The van der Waals surface area contributed by atoms with Crippen molar-refractivity contribution in [2.75, 3.05) is 11.9 Å². The van der Waals surface area contributed by atoms with Crippen LogP contribution in [-0.4, -0.2) is 16.6 Å². The lowest BCUT2D eigenvalue weighted by Gasteiger charge is -2.13. The molecule has 1 aliphatic carbocycles. The number of H-pyrrole nitrogens is 1. The average Bonchev–Trinajstić information content (AvgIpc) is 3.28. The van der Waals surface area contributed by atoms with Crippen LogP contribution in [0.15, 0.2) is 29.1 Å². The zero-order valence-corrected chi connectivity index (χ0v) is 12.8. The Bertz CT molecular complexity index is 812. The fraction of sp³-hybridized carbons (Fsp3) is 0.333. The van der Waals surface area contributed by atoms with E-state index in [1.54, 1.807) is 6.07 Å². The Morgan fingerprint density at radius 2 is 2.04 bits per heavy atom. The largest absolute Gasteiger partial charge is 0.417 e. The van der Waals surface area contributed by atoms with Gasteiger partial charge < -0.3 is 15.6 Å². The second kappa shape index (κ2) is 5.84. The van der Waals surface area contributed by atoms with Gasteiger partial charge in [0.25, 0.3) is 0 Å². The maximum atomic E-state index is 13.1. The van der Waals surface area contributed by atoms with E-state index < -0.39 is 17.3 Å². The van der Waals surface area contributed by atoms with Crippen LogP contribution in [0, 0.1) is 5.92 Å². The molecule has 4 nitrogen and oxygen atoms in total. The van der Waals surface area contributed by atoms with Crippen molar-refractivity contribution in [3.8, 4) is 0 Å². The first-order valence-corrected chi connectivity index (χ1v) is 7.53. The van der Waals surface area contributed by atoms with Gasteiger partial charge in [0.15, 0.2) is 5.11 Å². The first-order chi connectivity index (χ1) is 10.8. The van der Waals surface area contributed by atoms with E-state index in [1.807, 2.05) is 0 Å². The Morgan fingerprint density at radius 3 is 2.70 bits per heavy atom. The van der Waals surface area contributed by atoms with E-state index in [4.69, 9.17) is 12.2 Å². The molecule has 1 aliphatic rings. The van der Waals surface area contributed by atoms with Crippen molar-refractivity contribution < 1.29 is 13.2 Å². The van der Waals surface area contributed by atoms with Crippen molar-refractivity contribution in [2.24, 2.45) is 5.92 Å². The lowest BCUT2D eigenvalue weighted by Crippen LogP contribution is -2.30. The number of hydrogen-bond acceptors (Lipinski definition) is 2. The third-order valence-electron chi connectivity index (χ3n) is 3.65. The second-order valence-corrected chi connectivity index (χ2v) is 5.99. The molecule has 0 spiro atoms. The van der Waals surface area contributed by atoms with Crippen molar-refractivity contribution in [2.45, 2.75) is 19.0 Å². The van der Waals surface area contributed by atoms with E-state index in [-0.39, 0.29) is 10.9 Å². The second-order valence-electron chi connectivity index (χ2n) is 5.58. The summed E-state index contributed by atoms with van der Waals surface area (Å²) in [5, 5.41) is 6.20. The molecule has 1 aromatic carbocycles. The highest BCUT2D eigenvalue weighted by atomic mass is 32.1. The molecule has 23 heavy (non-hydrogen) atoms. The van der Waals surface area contributed by atoms with Gasteiger partial charge in [-0.1, -0.05) is 0 Å². The molecule has 0 amide bonds. The minimum Gasteiger partial charge on any atom is -0.362 e. The van der Waals surface area contributed by atoms with Gasteiger partial charge in [0.05, 0.1) is 5.56 Å². The van der Waals surface area contributed by atoms with Crippen LogP contribution in [0.2, 0.25) is 0 Å². The number of aromatic amines is 1. The quantitative estimate of drug-likeness (QED) is 0.750. The van der Waals surface area contributed by atoms with Crippen molar-refractivity contribution >= 4 is 33.9 Å². The van der Waals surface area contributed by atoms with E-state index in [0.29, 0.717) is 22.8 Å². The Morgan fingerprint density at radius 1 is 1.30 bits per heavy atom. The highest BCUT2D eigenvalue weighted by molar-refractivity contribution is 7.80. The minimum atomic E-state index is -4.60. The molecule has 0 unspecified atom stereocenters. The van der Waals surface area contributed by atoms with Crippen LogP contribution in [-0.2, 0) is 6.18 Å². The highest BCUT2D eigenvalue weighted by Crippen LogP contribution is 2.34. The van der Waals surface area contributed by atoms with Gasteiger partial charge in [0.2, 0.25) is 5.56 Å². The van der Waals surface area contributed by atoms with Gasteiger partial charge in [-0.05, 0) is 49.2 Å². The zero-order chi connectivity index (χ0) is 16.6. The molecule has 0 radical (unpaired) electrons. The summed E-state index contributed by atoms with van der Waals surface area (Å²) < 4.78 is 39.3. The number of alkyl halides is 3. The van der Waals surface area contributed by atoms with Crippen LogP contribution >= 0.6 is 12.2 Å². The molecule has 0 aliphatic heterocycles. The molecule has 1 fully saturated rings. The number of hydrogen-bond donors (Lipinski definition) is 3. The van der Waals surface area contributed by atoms with Crippen LogP contribution < -0.4 is 16.2 Å². The Labute approximate surface area is 135 Å². The molecule has 3 N–H and O–H groups in total. The molecule has 3 rings (SSSR count). The summed E-state index contributed by atoms with van der Waals surface area (Å²) in [6.07, 6.45) is -2.25. The lowest BCUT2D eigenvalue weighted by molar-refractivity contribution is -0.136. The van der Waals surface area contributed by atoms with Crippen LogP contribution in [0.3, 0.4) is 0 Å². The van der Waals surface area contributed by atoms with Gasteiger partial charge in [-0.15, -0.1) is 0 Å². The standard InChI is InChI=1S/C15H14F3N3OS/c16-15(17,18)11-6-13(22)21-12-4-3-9(5-10(11)12)20-14(23)19-7-8-1-2-8/h3-6,8H,1-2,7H2,(H,21,22)(H2,19,20,23). The van der Waals surface area contributed by atoms with Gasteiger partial charge in [-0.2, -0.15) is 13.2 Å². The van der Waals surface area contributed by atoms with E-state index in [1.165, 1.54) is 25.0 Å². The molecule has 1 aromatic heterocycles. The first kappa shape index (κ1) is 15.8. The normalized spacial score (nSPS) is 14.7. The van der Waals surface area contributed by atoms with Gasteiger partial charge in [0, 0.05) is 29.2 Å². The van der Waals surface area contributed by atoms with Crippen molar-refractivity contribution in [3.05, 3.63) is 40.2 Å². The summed E-state index contributed by atoms with van der Waals surface area (Å²) in [5.74, 6) is 0.633. The number of rotatable bonds is 3. The van der Waals surface area contributed by atoms with E-state index in [0.717, 1.165) is 6.54 Å². The van der Waals surface area contributed by atoms with Gasteiger partial charge in [0.1, 0.15) is 0 Å². The minimum absolute atomic E-state index is 0.0768. The third-order valence-corrected chi connectivity index (χ3v) is 3.90. The smallest absolute Gasteiger partial charge is 0.362 e. The monoisotopic (exact) mass is 341 g/mol. The van der Waals surface area contributed by atoms with Gasteiger partial charge in [-0.3, -0.25) is 4.79 Å². The predicted molar refractivity (Wildman–Crippen MR) is 86.5 cm³/mol. The fourth-order valence-corrected chi connectivity index (χ4v) is 2.50. The third kappa shape index (κ3) is 3.82. The number of anilines is 1. The Kier molecular flexibility index (Phi) is 4.01. The van der Waals surface area contributed by atoms with Crippen LogP contribution in [0.1, 0.15) is 18.4 Å². The summed E-state index contributed by atoms with van der Waals surface area (Å²) in [5.41, 5.74) is -1.18. The van der Waals surface area contributed by atoms with Gasteiger partial charge >= 0.3 is 6.18 Å². The van der Waals surface area contributed by atoms with Crippen molar-refractivity contribution in [1.82, 2.24) is 10.3 Å². The van der Waals surface area contributed by atoms with Crippen molar-refractivity contribution in [1.29, 1.82) is 0 Å². The predicted octanol–water partition coefficient (Wildman–Crippen LogP) is 3.24. The summed E-state index contributed by atoms with van der Waals surface area (Å²) >= 11 is 5.13. The molecule has 1 heterocycles. The van der Waals surface area contributed by atoms with Crippen LogP contribution in [0.4, 0.5) is 18.9 Å². The zero-order valence-electron chi connectivity index (χ0n) is 12.0. The fourth-order valence-electron chi connectivity index (χ4n) is 2.30. The number of halogens is 3. The number of benzene rings is 1. The maximum Gasteiger partial charge on any atom is 0.417 e. The molecule has 0 bridgehead atoms. The van der Waals surface area contributed by atoms with E-state index in [9.17, 15) is 18.0 Å². The van der Waals surface area contributed by atoms with Crippen LogP contribution in [0.5, 0.6) is 0 Å². The molecule has 122 valence electrons. The number of thiocarbonyl (C=S) groups is 1. The molecular formula is C15H14F3N3OS. The molecule has 1 saturated carbocycles. The lowest BCUT2D eigenvalue weighted by atomic mass is 10.1. The van der Waals surface area contributed by atoms with E-state index in [2.05, 4.69) is 15.6 Å². The van der Waals surface area contributed by atoms with Gasteiger partial charge in [-0.25, -0.2) is 0 Å². The SMILES string of the molecule is O=c1cc(C(F)(F)F)c2cc(NC(=S)NCC3CC3)ccc2[nH]1. The average molecular weight is 341 g/mol. The molecule has 0 saturated heterocycles. The molecule has 0 atom stereocenters. The number of nitrogens with one attached hydrogen (secondary N) is 3. The van der Waals surface area contributed by atoms with Crippen LogP contribution in [0.25, 0.3) is 10.9 Å². The van der Waals surface area contributed by atoms with Crippen molar-refractivity contribution in [3.63, 3.8) is 0 Å². The number of pyridine rings is 1. The Balaban J connectivity index is 1.89. The topological polar surface area (TPSA) is 56.9 Å². The summed E-state index contributed by atoms with van der Waals surface area (Å²) in [4.78, 5) is 13.8. The summed E-state index contributed by atoms with van der Waals surface area (Å²) in [6, 6.07) is 4.90. The number of aromatic nitrogens is 1. The first-order valence-electron chi connectivity index (χ1n) is 7.12. The Hall–Kier alpha value is -2.09. The summed E-state index contributed by atoms with van der Waals surface area (Å²) in [6.45, 7) is 0.764. The highest BCUT2D eigenvalue weighted by Gasteiger charge is 2.33. The number of fused-ring (bicyclic) bond motifs is 1. The molecule has 8 heteroatoms. The summed E-state index contributed by atoms with van der Waals surface area (Å²) in [7, 11) is 0. The molecular weight excluding hydrogens is 327 g/mol. The maximum absolute atomic E-state index is 13.1. The molecule has 2 aromatic rings. The van der Waals surface area contributed by atoms with E-state index >= 15 is 0 Å².